The summed E-state index contributed by atoms with van der Waals surface area (Å²) in [6, 6.07) is 5.79. The first-order valence-electron chi connectivity index (χ1n) is 7.03. The Balaban J connectivity index is 1.90. The van der Waals surface area contributed by atoms with E-state index in [1.54, 1.807) is 25.3 Å². The average molecular weight is 277 g/mol. The highest BCUT2D eigenvalue weighted by Gasteiger charge is 2.21. The molecule has 0 aromatic heterocycles. The zero-order valence-electron chi connectivity index (χ0n) is 12.2. The van der Waals surface area contributed by atoms with Crippen molar-refractivity contribution in [2.45, 2.75) is 31.7 Å². The summed E-state index contributed by atoms with van der Waals surface area (Å²) in [6.07, 6.45) is 4.91. The van der Waals surface area contributed by atoms with Crippen LogP contribution < -0.4 is 15.8 Å². The lowest BCUT2D eigenvalue weighted by atomic mass is 10.2. The number of nitrogen functional groups attached to an aromatic ring is 1. The van der Waals surface area contributed by atoms with Crippen LogP contribution in [0.5, 0.6) is 5.75 Å². The molecular weight excluding hydrogens is 254 g/mol. The van der Waals surface area contributed by atoms with E-state index in [0.29, 0.717) is 29.7 Å². The molecule has 0 spiro atoms. The highest BCUT2D eigenvalue weighted by atomic mass is 16.5. The van der Waals surface area contributed by atoms with E-state index in [4.69, 9.17) is 10.5 Å². The third kappa shape index (κ3) is 3.63. The summed E-state index contributed by atoms with van der Waals surface area (Å²) in [7, 11) is 3.59. The molecule has 1 aliphatic carbocycles. The first-order valence-corrected chi connectivity index (χ1v) is 7.03. The number of benzene rings is 1. The van der Waals surface area contributed by atoms with E-state index < -0.39 is 0 Å². The van der Waals surface area contributed by atoms with Gasteiger partial charge in [0, 0.05) is 12.1 Å². The van der Waals surface area contributed by atoms with E-state index in [0.717, 1.165) is 0 Å². The van der Waals surface area contributed by atoms with Crippen LogP contribution in [0.1, 0.15) is 25.7 Å². The van der Waals surface area contributed by atoms with Crippen LogP contribution in [0.25, 0.3) is 0 Å². The van der Waals surface area contributed by atoms with Gasteiger partial charge in [-0.3, -0.25) is 9.69 Å². The van der Waals surface area contributed by atoms with Crippen molar-refractivity contribution in [1.82, 2.24) is 4.90 Å². The van der Waals surface area contributed by atoms with Crippen LogP contribution >= 0.6 is 0 Å². The Morgan fingerprint density at radius 1 is 1.45 bits per heavy atom. The molecule has 3 N–H and O–H groups in total. The van der Waals surface area contributed by atoms with E-state index in [9.17, 15) is 4.79 Å². The largest absolute Gasteiger partial charge is 0.497 e. The van der Waals surface area contributed by atoms with Crippen molar-refractivity contribution in [3.8, 4) is 5.75 Å². The van der Waals surface area contributed by atoms with Crippen LogP contribution in [-0.2, 0) is 4.79 Å². The Hall–Kier alpha value is -1.75. The Morgan fingerprint density at radius 3 is 2.75 bits per heavy atom. The lowest BCUT2D eigenvalue weighted by Gasteiger charge is -2.23. The number of anilines is 2. The summed E-state index contributed by atoms with van der Waals surface area (Å²) in [5, 5.41) is 2.85. The van der Waals surface area contributed by atoms with Gasteiger partial charge in [0.15, 0.2) is 0 Å². The topological polar surface area (TPSA) is 67.6 Å². The van der Waals surface area contributed by atoms with Gasteiger partial charge in [-0.1, -0.05) is 12.8 Å². The fraction of sp³-hybridized carbons (Fsp3) is 0.533. The van der Waals surface area contributed by atoms with Crippen LogP contribution in [0.2, 0.25) is 0 Å². The van der Waals surface area contributed by atoms with Crippen LogP contribution in [0.15, 0.2) is 18.2 Å². The number of amides is 1. The number of likely N-dealkylation sites (N-methyl/N-ethyl adjacent to an activating group) is 1. The van der Waals surface area contributed by atoms with Gasteiger partial charge in [-0.15, -0.1) is 0 Å². The van der Waals surface area contributed by atoms with Crippen LogP contribution in [-0.4, -0.2) is 37.6 Å². The number of hydrogen-bond donors (Lipinski definition) is 2. The minimum atomic E-state index is -0.0312. The monoisotopic (exact) mass is 277 g/mol. The molecule has 5 heteroatoms. The molecule has 1 aromatic rings. The summed E-state index contributed by atoms with van der Waals surface area (Å²) in [5.41, 5.74) is 7.04. The molecule has 1 aliphatic rings. The minimum absolute atomic E-state index is 0.0312. The number of rotatable bonds is 5. The molecule has 1 fully saturated rings. The van der Waals surface area contributed by atoms with Crippen LogP contribution in [0, 0.1) is 0 Å². The zero-order chi connectivity index (χ0) is 14.5. The Morgan fingerprint density at radius 2 is 2.15 bits per heavy atom. The second kappa shape index (κ2) is 6.61. The maximum Gasteiger partial charge on any atom is 0.238 e. The number of ether oxygens (including phenoxy) is 1. The number of nitrogens with one attached hydrogen (secondary N) is 1. The molecule has 0 aliphatic heterocycles. The number of carbonyl (C=O) groups is 1. The number of nitrogens with two attached hydrogens (primary N) is 1. The predicted molar refractivity (Wildman–Crippen MR) is 80.9 cm³/mol. The van der Waals surface area contributed by atoms with E-state index in [1.807, 2.05) is 7.05 Å². The fourth-order valence-corrected chi connectivity index (χ4v) is 2.67. The summed E-state index contributed by atoms with van der Waals surface area (Å²) >= 11 is 0. The van der Waals surface area contributed by atoms with Gasteiger partial charge in [0.05, 0.1) is 25.0 Å². The average Bonchev–Trinajstić information content (AvgIpc) is 2.95. The normalized spacial score (nSPS) is 15.6. The number of carbonyl (C=O) groups excluding carboxylic acids is 1. The second-order valence-electron chi connectivity index (χ2n) is 5.35. The van der Waals surface area contributed by atoms with Crippen molar-refractivity contribution in [3.05, 3.63) is 18.2 Å². The zero-order valence-corrected chi connectivity index (χ0v) is 12.2. The van der Waals surface area contributed by atoms with Gasteiger partial charge in [-0.25, -0.2) is 0 Å². The SMILES string of the molecule is COc1ccc(NC(=O)CN(C)C2CCCC2)c(N)c1. The summed E-state index contributed by atoms with van der Waals surface area (Å²) < 4.78 is 5.09. The highest BCUT2D eigenvalue weighted by molar-refractivity contribution is 5.95. The molecule has 0 bridgehead atoms. The quantitative estimate of drug-likeness (QED) is 0.809. The van der Waals surface area contributed by atoms with Gasteiger partial charge >= 0.3 is 0 Å². The molecule has 1 amide bonds. The van der Waals surface area contributed by atoms with E-state index in [2.05, 4.69) is 10.2 Å². The lowest BCUT2D eigenvalue weighted by molar-refractivity contribution is -0.117. The first kappa shape index (κ1) is 14.7. The molecule has 0 heterocycles. The summed E-state index contributed by atoms with van der Waals surface area (Å²) in [4.78, 5) is 14.2. The Labute approximate surface area is 120 Å². The second-order valence-corrected chi connectivity index (χ2v) is 5.35. The molecule has 0 atom stereocenters. The van der Waals surface area contributed by atoms with Gasteiger partial charge in [0.2, 0.25) is 5.91 Å². The molecule has 2 rings (SSSR count). The standard InChI is InChI=1S/C15H23N3O2/c1-18(11-5-3-4-6-11)10-15(19)17-14-8-7-12(20-2)9-13(14)16/h7-9,11H,3-6,10,16H2,1-2H3,(H,17,19). The third-order valence-corrected chi connectivity index (χ3v) is 3.87. The van der Waals surface area contributed by atoms with Crippen molar-refractivity contribution in [1.29, 1.82) is 0 Å². The van der Waals surface area contributed by atoms with Gasteiger partial charge in [-0.05, 0) is 32.0 Å². The minimum Gasteiger partial charge on any atom is -0.497 e. The molecule has 1 saturated carbocycles. The van der Waals surface area contributed by atoms with Crippen LogP contribution in [0.4, 0.5) is 11.4 Å². The number of hydrogen-bond acceptors (Lipinski definition) is 4. The van der Waals surface area contributed by atoms with Gasteiger partial charge in [-0.2, -0.15) is 0 Å². The van der Waals surface area contributed by atoms with E-state index >= 15 is 0 Å². The molecular formula is C15H23N3O2. The maximum atomic E-state index is 12.0. The summed E-state index contributed by atoms with van der Waals surface area (Å²) in [5.74, 6) is 0.653. The molecule has 0 radical (unpaired) electrons. The summed E-state index contributed by atoms with van der Waals surface area (Å²) in [6.45, 7) is 0.399. The molecule has 110 valence electrons. The van der Waals surface area contributed by atoms with Crippen molar-refractivity contribution in [2.24, 2.45) is 0 Å². The number of methoxy groups -OCH3 is 1. The smallest absolute Gasteiger partial charge is 0.238 e. The van der Waals surface area contributed by atoms with Crippen molar-refractivity contribution in [2.75, 3.05) is 31.8 Å². The molecule has 1 aromatic carbocycles. The maximum absolute atomic E-state index is 12.0. The van der Waals surface area contributed by atoms with Gasteiger partial charge < -0.3 is 15.8 Å². The third-order valence-electron chi connectivity index (χ3n) is 3.87. The molecule has 0 saturated heterocycles. The Kier molecular flexibility index (Phi) is 4.84. The van der Waals surface area contributed by atoms with Crippen molar-refractivity contribution < 1.29 is 9.53 Å². The van der Waals surface area contributed by atoms with Crippen molar-refractivity contribution in [3.63, 3.8) is 0 Å². The fourth-order valence-electron chi connectivity index (χ4n) is 2.67. The van der Waals surface area contributed by atoms with Crippen LogP contribution in [0.3, 0.4) is 0 Å². The van der Waals surface area contributed by atoms with Crippen molar-refractivity contribution >= 4 is 17.3 Å². The molecule has 5 nitrogen and oxygen atoms in total. The highest BCUT2D eigenvalue weighted by Crippen LogP contribution is 2.25. The van der Waals surface area contributed by atoms with E-state index in [-0.39, 0.29) is 5.91 Å². The lowest BCUT2D eigenvalue weighted by Crippen LogP contribution is -2.36. The first-order chi connectivity index (χ1) is 9.60. The predicted octanol–water partition coefficient (Wildman–Crippen LogP) is 2.09. The Bertz CT molecular complexity index is 470. The number of nitrogens with zero attached hydrogens (tertiary/aromatic N) is 1. The van der Waals surface area contributed by atoms with Gasteiger partial charge in [0.25, 0.3) is 0 Å². The van der Waals surface area contributed by atoms with E-state index in [1.165, 1.54) is 25.7 Å². The van der Waals surface area contributed by atoms with Gasteiger partial charge in [0.1, 0.15) is 5.75 Å². The molecule has 20 heavy (non-hydrogen) atoms. The molecule has 0 unspecified atom stereocenters.